The van der Waals surface area contributed by atoms with Gasteiger partial charge < -0.3 is 5.73 Å². The smallest absolute Gasteiger partial charge is 0.283 e. The molecule has 2 heterocycles. The van der Waals surface area contributed by atoms with Crippen molar-refractivity contribution < 1.29 is 4.79 Å². The molecule has 0 radical (unpaired) electrons. The van der Waals surface area contributed by atoms with E-state index in [1.807, 2.05) is 0 Å². The molecule has 0 spiro atoms. The minimum absolute atomic E-state index is 0.0284. The molecule has 0 saturated carbocycles. The molecule has 2 aromatic rings. The monoisotopic (exact) mass is 396 g/mol. The van der Waals surface area contributed by atoms with Gasteiger partial charge in [-0.15, -0.1) is 0 Å². The number of halogens is 2. The largest absolute Gasteiger partial charge is 0.383 e. The van der Waals surface area contributed by atoms with Crippen LogP contribution in [0.5, 0.6) is 0 Å². The number of carbonyl (C=O) groups excluding carboxylic acids is 1. The summed E-state index contributed by atoms with van der Waals surface area (Å²) in [4.78, 5) is 28.4. The lowest BCUT2D eigenvalue weighted by molar-refractivity contribution is -0.111. The summed E-state index contributed by atoms with van der Waals surface area (Å²) < 4.78 is 1.46. The molecule has 0 unspecified atom stereocenters. The number of Topliss-reactive ketones (excluding diaryl/α,β-unsaturated/α-hetero) is 1. The van der Waals surface area contributed by atoms with Crippen LogP contribution in [0.25, 0.3) is 11.0 Å². The number of hydrogen-bond acceptors (Lipinski definition) is 6. The molecular formula is C16H14Cl2N4O2S. The highest BCUT2D eigenvalue weighted by Gasteiger charge is 2.18. The van der Waals surface area contributed by atoms with Crippen LogP contribution in [0.1, 0.15) is 24.4 Å². The summed E-state index contributed by atoms with van der Waals surface area (Å²) in [6, 6.07) is 0. The van der Waals surface area contributed by atoms with Gasteiger partial charge in [0.05, 0.1) is 15.6 Å². The number of nitrogens with zero attached hydrogens (tertiary/aromatic N) is 3. The summed E-state index contributed by atoms with van der Waals surface area (Å²) in [5, 5.41) is 5.23. The molecule has 0 atom stereocenters. The fourth-order valence-electron chi connectivity index (χ4n) is 2.32. The van der Waals surface area contributed by atoms with Crippen LogP contribution >= 0.6 is 34.5 Å². The molecule has 2 N–H and O–H groups in total. The first-order chi connectivity index (χ1) is 11.8. The Morgan fingerprint density at radius 1 is 1.28 bits per heavy atom. The number of ketones is 1. The SMILES string of the molecule is CC(C)Cc1nn2c(N)c(C=C3C=C(Cl)C(=O)C(Cl)=C3)c(=O)nc2s1. The molecule has 0 fully saturated rings. The molecule has 9 heteroatoms. The summed E-state index contributed by atoms with van der Waals surface area (Å²) in [5.74, 6) is 0.145. The zero-order valence-corrected chi connectivity index (χ0v) is 15.7. The molecule has 3 rings (SSSR count). The number of rotatable bonds is 3. The molecule has 0 aromatic carbocycles. The average Bonchev–Trinajstić information content (AvgIpc) is 2.90. The highest BCUT2D eigenvalue weighted by Crippen LogP contribution is 2.26. The second kappa shape index (κ2) is 6.74. The van der Waals surface area contributed by atoms with E-state index in [0.29, 0.717) is 16.5 Å². The van der Waals surface area contributed by atoms with E-state index in [4.69, 9.17) is 28.9 Å². The Morgan fingerprint density at radius 3 is 2.52 bits per heavy atom. The number of fused-ring (bicyclic) bond motifs is 1. The summed E-state index contributed by atoms with van der Waals surface area (Å²) >= 11 is 13.0. The second-order valence-electron chi connectivity index (χ2n) is 5.96. The van der Waals surface area contributed by atoms with Crippen LogP contribution in [0.15, 0.2) is 32.6 Å². The van der Waals surface area contributed by atoms with Gasteiger partial charge in [-0.3, -0.25) is 9.59 Å². The van der Waals surface area contributed by atoms with Gasteiger partial charge in [0, 0.05) is 6.42 Å². The first kappa shape index (κ1) is 17.8. The molecule has 6 nitrogen and oxygen atoms in total. The molecular weight excluding hydrogens is 383 g/mol. The van der Waals surface area contributed by atoms with Gasteiger partial charge in [0.25, 0.3) is 5.56 Å². The minimum atomic E-state index is -0.476. The van der Waals surface area contributed by atoms with E-state index in [2.05, 4.69) is 23.9 Å². The number of hydrogen-bond donors (Lipinski definition) is 1. The van der Waals surface area contributed by atoms with Crippen LogP contribution in [0.2, 0.25) is 0 Å². The lowest BCUT2D eigenvalue weighted by atomic mass is 10.1. The maximum atomic E-state index is 12.3. The third-order valence-corrected chi connectivity index (χ3v) is 4.94. The number of carbonyl (C=O) groups is 1. The summed E-state index contributed by atoms with van der Waals surface area (Å²) in [5.41, 5.74) is 6.30. The van der Waals surface area contributed by atoms with Crippen molar-refractivity contribution in [3.63, 3.8) is 0 Å². The lowest BCUT2D eigenvalue weighted by Crippen LogP contribution is -2.17. The van der Waals surface area contributed by atoms with Gasteiger partial charge in [0.2, 0.25) is 10.7 Å². The maximum absolute atomic E-state index is 12.3. The molecule has 0 bridgehead atoms. The molecule has 130 valence electrons. The Labute approximate surface area is 157 Å². The Hall–Kier alpha value is -1.96. The van der Waals surface area contributed by atoms with E-state index in [9.17, 15) is 9.59 Å². The topological polar surface area (TPSA) is 90.4 Å². The highest BCUT2D eigenvalue weighted by molar-refractivity contribution is 7.16. The minimum Gasteiger partial charge on any atom is -0.383 e. The lowest BCUT2D eigenvalue weighted by Gasteiger charge is -2.07. The van der Waals surface area contributed by atoms with Crippen LogP contribution in [-0.4, -0.2) is 20.4 Å². The molecule has 0 amide bonds. The van der Waals surface area contributed by atoms with Gasteiger partial charge in [0.15, 0.2) is 0 Å². The molecule has 1 aliphatic rings. The quantitative estimate of drug-likeness (QED) is 0.860. The first-order valence-corrected chi connectivity index (χ1v) is 9.02. The molecule has 0 aliphatic heterocycles. The maximum Gasteiger partial charge on any atom is 0.283 e. The predicted molar refractivity (Wildman–Crippen MR) is 101 cm³/mol. The van der Waals surface area contributed by atoms with E-state index in [0.717, 1.165) is 11.4 Å². The Bertz CT molecular complexity index is 1010. The van der Waals surface area contributed by atoms with Gasteiger partial charge in [-0.2, -0.15) is 14.6 Å². The van der Waals surface area contributed by atoms with Crippen LogP contribution in [0.3, 0.4) is 0 Å². The van der Waals surface area contributed by atoms with E-state index in [-0.39, 0.29) is 21.4 Å². The fourth-order valence-corrected chi connectivity index (χ4v) is 3.93. The molecule has 0 saturated heterocycles. The highest BCUT2D eigenvalue weighted by atomic mass is 35.5. The van der Waals surface area contributed by atoms with Crippen molar-refractivity contribution in [3.8, 4) is 0 Å². The first-order valence-electron chi connectivity index (χ1n) is 7.45. The third-order valence-electron chi connectivity index (χ3n) is 3.45. The van der Waals surface area contributed by atoms with Gasteiger partial charge in [-0.25, -0.2) is 0 Å². The van der Waals surface area contributed by atoms with E-state index in [1.54, 1.807) is 0 Å². The predicted octanol–water partition coefficient (Wildman–Crippen LogP) is 3.14. The van der Waals surface area contributed by atoms with Crippen molar-refractivity contribution in [3.05, 3.63) is 48.7 Å². The van der Waals surface area contributed by atoms with Crippen LogP contribution in [0, 0.1) is 5.92 Å². The van der Waals surface area contributed by atoms with Crippen molar-refractivity contribution >= 4 is 57.2 Å². The normalized spacial score (nSPS) is 14.9. The number of anilines is 1. The van der Waals surface area contributed by atoms with Gasteiger partial charge in [0.1, 0.15) is 10.8 Å². The number of allylic oxidation sites excluding steroid dienone is 5. The van der Waals surface area contributed by atoms with Crippen molar-refractivity contribution in [2.45, 2.75) is 20.3 Å². The summed E-state index contributed by atoms with van der Waals surface area (Å²) in [7, 11) is 0. The fraction of sp³-hybridized carbons (Fsp3) is 0.250. The molecule has 2 aromatic heterocycles. The van der Waals surface area contributed by atoms with E-state index < -0.39 is 11.3 Å². The number of nitrogens with two attached hydrogens (primary N) is 1. The standard InChI is InChI=1S/C16H14Cl2N4O2S/c1-7(2)3-12-21-22-14(19)9(15(24)20-16(22)25-12)4-8-5-10(17)13(23)11(18)6-8/h4-7H,3,19H2,1-2H3. The zero-order chi connectivity index (χ0) is 18.3. The van der Waals surface area contributed by atoms with Gasteiger partial charge in [-0.1, -0.05) is 48.4 Å². The molecule has 1 aliphatic carbocycles. The average molecular weight is 397 g/mol. The van der Waals surface area contributed by atoms with Gasteiger partial charge >= 0.3 is 0 Å². The number of nitrogen functional groups attached to an aromatic ring is 1. The zero-order valence-electron chi connectivity index (χ0n) is 13.4. The van der Waals surface area contributed by atoms with Crippen molar-refractivity contribution in [1.82, 2.24) is 14.6 Å². The number of aromatic nitrogens is 3. The van der Waals surface area contributed by atoms with Crippen molar-refractivity contribution in [1.29, 1.82) is 0 Å². The van der Waals surface area contributed by atoms with Crippen LogP contribution in [-0.2, 0) is 11.2 Å². The third kappa shape index (κ3) is 3.53. The molecule has 25 heavy (non-hydrogen) atoms. The van der Waals surface area contributed by atoms with Crippen LogP contribution in [0.4, 0.5) is 5.82 Å². The summed E-state index contributed by atoms with van der Waals surface area (Å²) in [6.07, 6.45) is 5.12. The van der Waals surface area contributed by atoms with Crippen LogP contribution < -0.4 is 11.3 Å². The van der Waals surface area contributed by atoms with Gasteiger partial charge in [-0.05, 0) is 29.7 Å². The van der Waals surface area contributed by atoms with Crippen molar-refractivity contribution in [2.24, 2.45) is 5.92 Å². The second-order valence-corrected chi connectivity index (χ2v) is 7.82. The van der Waals surface area contributed by atoms with Crippen molar-refractivity contribution in [2.75, 3.05) is 5.73 Å². The summed E-state index contributed by atoms with van der Waals surface area (Å²) in [6.45, 7) is 4.16. The Kier molecular flexibility index (Phi) is 4.81. The van der Waals surface area contributed by atoms with E-state index in [1.165, 1.54) is 34.1 Å². The Balaban J connectivity index is 2.13. The van der Waals surface area contributed by atoms with E-state index >= 15 is 0 Å². The Morgan fingerprint density at radius 2 is 1.92 bits per heavy atom.